The van der Waals surface area contributed by atoms with Crippen LogP contribution < -0.4 is 4.74 Å². The van der Waals surface area contributed by atoms with Crippen molar-refractivity contribution in [3.05, 3.63) is 46.8 Å². The third-order valence-corrected chi connectivity index (χ3v) is 1.91. The standard InChI is InChI=1S/C10H7F4NO3/c1-2-9(10(12,13)14)18-8-4-3-6(11)5-7(8)15(16)17/h2-5,9H,1H2. The monoisotopic (exact) mass is 265 g/mol. The Labute approximate surface area is 98.6 Å². The maximum atomic E-state index is 12.8. The van der Waals surface area contributed by atoms with E-state index in [0.29, 0.717) is 12.1 Å². The third kappa shape index (κ3) is 3.19. The number of benzene rings is 1. The molecule has 0 amide bonds. The average Bonchev–Trinajstić information content (AvgIpc) is 2.25. The number of hydrogen-bond acceptors (Lipinski definition) is 3. The zero-order valence-electron chi connectivity index (χ0n) is 8.78. The first-order chi connectivity index (χ1) is 8.25. The fourth-order valence-corrected chi connectivity index (χ4v) is 1.12. The molecule has 0 N–H and O–H groups in total. The molecular formula is C10H7F4NO3. The maximum Gasteiger partial charge on any atom is 0.429 e. The summed E-state index contributed by atoms with van der Waals surface area (Å²) >= 11 is 0. The summed E-state index contributed by atoms with van der Waals surface area (Å²) in [5, 5.41) is 10.5. The van der Waals surface area contributed by atoms with Gasteiger partial charge in [-0.25, -0.2) is 4.39 Å². The normalized spacial score (nSPS) is 12.9. The van der Waals surface area contributed by atoms with E-state index >= 15 is 0 Å². The van der Waals surface area contributed by atoms with Gasteiger partial charge in [-0.05, 0) is 18.2 Å². The van der Waals surface area contributed by atoms with E-state index in [1.54, 1.807) is 0 Å². The van der Waals surface area contributed by atoms with Crippen molar-refractivity contribution in [3.8, 4) is 5.75 Å². The van der Waals surface area contributed by atoms with Crippen molar-refractivity contribution in [2.24, 2.45) is 0 Å². The smallest absolute Gasteiger partial charge is 0.429 e. The lowest BCUT2D eigenvalue weighted by atomic mass is 10.2. The van der Waals surface area contributed by atoms with E-state index in [1.165, 1.54) is 0 Å². The molecule has 1 atom stereocenters. The minimum atomic E-state index is -4.76. The largest absolute Gasteiger partial charge is 0.470 e. The minimum Gasteiger partial charge on any atom is -0.470 e. The summed E-state index contributed by atoms with van der Waals surface area (Å²) in [5.41, 5.74) is -0.883. The Kier molecular flexibility index (Phi) is 3.89. The van der Waals surface area contributed by atoms with Gasteiger partial charge in [-0.1, -0.05) is 6.58 Å². The fraction of sp³-hybridized carbons (Fsp3) is 0.200. The lowest BCUT2D eigenvalue weighted by molar-refractivity contribution is -0.386. The van der Waals surface area contributed by atoms with Gasteiger partial charge in [-0.15, -0.1) is 0 Å². The maximum absolute atomic E-state index is 12.8. The number of alkyl halides is 3. The third-order valence-electron chi connectivity index (χ3n) is 1.91. The zero-order chi connectivity index (χ0) is 13.9. The van der Waals surface area contributed by atoms with Gasteiger partial charge < -0.3 is 4.74 Å². The molecule has 1 aromatic carbocycles. The van der Waals surface area contributed by atoms with Gasteiger partial charge in [0.2, 0.25) is 6.10 Å². The number of hydrogen-bond donors (Lipinski definition) is 0. The Bertz CT molecular complexity index is 473. The molecule has 18 heavy (non-hydrogen) atoms. The summed E-state index contributed by atoms with van der Waals surface area (Å²) in [6.45, 7) is 2.93. The fourth-order valence-electron chi connectivity index (χ4n) is 1.12. The molecule has 1 aromatic rings. The van der Waals surface area contributed by atoms with Crippen molar-refractivity contribution in [2.45, 2.75) is 12.3 Å². The van der Waals surface area contributed by atoms with Crippen molar-refractivity contribution in [1.82, 2.24) is 0 Å². The SMILES string of the molecule is C=CC(Oc1ccc(F)cc1[N+](=O)[O-])C(F)(F)F. The highest BCUT2D eigenvalue weighted by atomic mass is 19.4. The Morgan fingerprint density at radius 3 is 2.50 bits per heavy atom. The first-order valence-electron chi connectivity index (χ1n) is 4.55. The highest BCUT2D eigenvalue weighted by Crippen LogP contribution is 2.32. The Morgan fingerprint density at radius 2 is 2.06 bits per heavy atom. The molecule has 0 fully saturated rings. The van der Waals surface area contributed by atoms with Crippen molar-refractivity contribution in [3.63, 3.8) is 0 Å². The van der Waals surface area contributed by atoms with Crippen LogP contribution in [-0.4, -0.2) is 17.2 Å². The van der Waals surface area contributed by atoms with Crippen molar-refractivity contribution >= 4 is 5.69 Å². The van der Waals surface area contributed by atoms with E-state index in [4.69, 9.17) is 0 Å². The van der Waals surface area contributed by atoms with E-state index in [2.05, 4.69) is 11.3 Å². The lowest BCUT2D eigenvalue weighted by Gasteiger charge is -2.18. The second-order valence-electron chi connectivity index (χ2n) is 3.18. The van der Waals surface area contributed by atoms with Gasteiger partial charge in [0.15, 0.2) is 5.75 Å². The molecule has 8 heteroatoms. The summed E-state index contributed by atoms with van der Waals surface area (Å²) in [5.74, 6) is -1.63. The molecule has 98 valence electrons. The molecule has 0 bridgehead atoms. The van der Waals surface area contributed by atoms with Crippen LogP contribution in [0.15, 0.2) is 30.9 Å². The number of nitro groups is 1. The van der Waals surface area contributed by atoms with Gasteiger partial charge in [0.1, 0.15) is 5.82 Å². The molecule has 4 nitrogen and oxygen atoms in total. The Hall–Kier alpha value is -2.12. The zero-order valence-corrected chi connectivity index (χ0v) is 8.78. The van der Waals surface area contributed by atoms with Gasteiger partial charge in [-0.2, -0.15) is 13.2 Å². The van der Waals surface area contributed by atoms with Crippen LogP contribution in [0.4, 0.5) is 23.2 Å². The topological polar surface area (TPSA) is 52.4 Å². The van der Waals surface area contributed by atoms with Gasteiger partial charge in [0, 0.05) is 0 Å². The molecule has 0 saturated carbocycles. The molecule has 0 aromatic heterocycles. The molecule has 0 saturated heterocycles. The molecule has 1 rings (SSSR count). The summed E-state index contributed by atoms with van der Waals surface area (Å²) in [4.78, 5) is 9.51. The number of ether oxygens (including phenoxy) is 1. The Balaban J connectivity index is 3.10. The van der Waals surface area contributed by atoms with Gasteiger partial charge in [-0.3, -0.25) is 10.1 Å². The van der Waals surface area contributed by atoms with Crippen LogP contribution in [0.3, 0.4) is 0 Å². The van der Waals surface area contributed by atoms with E-state index in [-0.39, 0.29) is 0 Å². The summed E-state index contributed by atoms with van der Waals surface area (Å²) in [7, 11) is 0. The second kappa shape index (κ2) is 5.03. The molecule has 0 aliphatic heterocycles. The van der Waals surface area contributed by atoms with E-state index in [9.17, 15) is 27.7 Å². The molecular weight excluding hydrogens is 258 g/mol. The van der Waals surface area contributed by atoms with Crippen LogP contribution in [-0.2, 0) is 0 Å². The molecule has 0 aliphatic carbocycles. The van der Waals surface area contributed by atoms with Crippen molar-refractivity contribution in [2.75, 3.05) is 0 Å². The number of nitro benzene ring substituents is 1. The highest BCUT2D eigenvalue weighted by molar-refractivity contribution is 5.46. The van der Waals surface area contributed by atoms with Crippen molar-refractivity contribution in [1.29, 1.82) is 0 Å². The molecule has 1 unspecified atom stereocenters. The van der Waals surface area contributed by atoms with Gasteiger partial charge in [0.25, 0.3) is 0 Å². The summed E-state index contributed by atoms with van der Waals surface area (Å²) in [6.07, 6.45) is -6.71. The molecule has 0 radical (unpaired) electrons. The predicted octanol–water partition coefficient (Wildman–Crippen LogP) is 3.23. The first-order valence-corrected chi connectivity index (χ1v) is 4.55. The van der Waals surface area contributed by atoms with Crippen LogP contribution in [0.5, 0.6) is 5.75 Å². The molecule has 0 aliphatic rings. The van der Waals surface area contributed by atoms with Crippen LogP contribution in [0.1, 0.15) is 0 Å². The van der Waals surface area contributed by atoms with Crippen LogP contribution in [0.2, 0.25) is 0 Å². The van der Waals surface area contributed by atoms with Crippen molar-refractivity contribution < 1.29 is 27.2 Å². The molecule has 0 spiro atoms. The first kappa shape index (κ1) is 13.9. The summed E-state index contributed by atoms with van der Waals surface area (Å²) < 4.78 is 54.3. The quantitative estimate of drug-likeness (QED) is 0.363. The van der Waals surface area contributed by atoms with Crippen LogP contribution in [0, 0.1) is 15.9 Å². The van der Waals surface area contributed by atoms with Gasteiger partial charge in [0.05, 0.1) is 11.0 Å². The number of nitrogens with zero attached hydrogens (tertiary/aromatic N) is 1. The van der Waals surface area contributed by atoms with E-state index < -0.39 is 34.5 Å². The van der Waals surface area contributed by atoms with Crippen LogP contribution in [0.25, 0.3) is 0 Å². The number of rotatable bonds is 4. The van der Waals surface area contributed by atoms with Crippen LogP contribution >= 0.6 is 0 Å². The van der Waals surface area contributed by atoms with E-state index in [0.717, 1.165) is 12.1 Å². The Morgan fingerprint density at radius 1 is 1.44 bits per heavy atom. The number of halogens is 4. The van der Waals surface area contributed by atoms with Gasteiger partial charge >= 0.3 is 11.9 Å². The predicted molar refractivity (Wildman–Crippen MR) is 53.7 cm³/mol. The summed E-state index contributed by atoms with van der Waals surface area (Å²) in [6, 6.07) is 2.00. The average molecular weight is 265 g/mol. The van der Waals surface area contributed by atoms with E-state index in [1.807, 2.05) is 0 Å². The lowest BCUT2D eigenvalue weighted by Crippen LogP contribution is -2.32. The molecule has 0 heterocycles. The minimum absolute atomic E-state index is 0.451. The highest BCUT2D eigenvalue weighted by Gasteiger charge is 2.40. The second-order valence-corrected chi connectivity index (χ2v) is 3.18.